The molecule has 0 bridgehead atoms. The Morgan fingerprint density at radius 3 is 0.943 bits per heavy atom. The molecule has 0 aromatic rings. The zero-order chi connectivity index (χ0) is 25.9. The first-order valence-corrected chi connectivity index (χ1v) is 17.5. The van der Waals surface area contributed by atoms with Crippen molar-refractivity contribution >= 4 is 9.24 Å². The average Bonchev–Trinajstić information content (AvgIpc) is 2.86. The number of rotatable bonds is 29. The SMILES string of the molecule is CCCCCCCCC(CCCCCCCC)C(P)(CCCCCCCC)CCCCCCCC. The van der Waals surface area contributed by atoms with Gasteiger partial charge in [0.2, 0.25) is 0 Å². The molecule has 0 radical (unpaired) electrons. The molecule has 0 rings (SSSR count). The molecule has 0 nitrogen and oxygen atoms in total. The first-order chi connectivity index (χ1) is 17.1. The van der Waals surface area contributed by atoms with Gasteiger partial charge in [-0.25, -0.2) is 0 Å². The summed E-state index contributed by atoms with van der Waals surface area (Å²) in [5.74, 6) is 0.941. The molecule has 0 heterocycles. The first-order valence-electron chi connectivity index (χ1n) is 16.9. The molecule has 35 heavy (non-hydrogen) atoms. The highest BCUT2D eigenvalue weighted by Gasteiger charge is 2.32. The van der Waals surface area contributed by atoms with Crippen molar-refractivity contribution in [2.24, 2.45) is 5.92 Å². The maximum atomic E-state index is 3.52. The molecule has 1 atom stereocenters. The van der Waals surface area contributed by atoms with Crippen LogP contribution in [-0.4, -0.2) is 5.16 Å². The Labute approximate surface area is 227 Å². The highest BCUT2D eigenvalue weighted by molar-refractivity contribution is 7.19. The fraction of sp³-hybridized carbons (Fsp3) is 1.00. The van der Waals surface area contributed by atoms with Gasteiger partial charge in [-0.2, -0.15) is 0 Å². The van der Waals surface area contributed by atoms with Crippen molar-refractivity contribution in [3.63, 3.8) is 0 Å². The van der Waals surface area contributed by atoms with Crippen LogP contribution in [0.4, 0.5) is 0 Å². The van der Waals surface area contributed by atoms with E-state index >= 15 is 0 Å². The van der Waals surface area contributed by atoms with E-state index in [1.54, 1.807) is 0 Å². The van der Waals surface area contributed by atoms with Crippen molar-refractivity contribution in [2.45, 2.75) is 213 Å². The lowest BCUT2D eigenvalue weighted by Gasteiger charge is -2.39. The van der Waals surface area contributed by atoms with Gasteiger partial charge in [-0.15, -0.1) is 9.24 Å². The van der Waals surface area contributed by atoms with Crippen LogP contribution in [0.25, 0.3) is 0 Å². The second-order valence-corrected chi connectivity index (χ2v) is 13.2. The van der Waals surface area contributed by atoms with Crippen molar-refractivity contribution in [1.29, 1.82) is 0 Å². The standard InChI is InChI=1S/C34H71P/c1-5-9-13-17-21-25-29-33(30-26-22-18-14-10-6-2)34(35,31-27-23-19-15-11-7-3)32-28-24-20-16-12-8-4/h33H,5-32,35H2,1-4H3. The third-order valence-electron chi connectivity index (χ3n) is 8.62. The van der Waals surface area contributed by atoms with Crippen LogP contribution in [0, 0.1) is 5.92 Å². The number of hydrogen-bond acceptors (Lipinski definition) is 0. The van der Waals surface area contributed by atoms with Gasteiger partial charge in [-0.1, -0.05) is 182 Å². The Morgan fingerprint density at radius 2 is 0.629 bits per heavy atom. The molecule has 212 valence electrons. The molecule has 0 saturated heterocycles. The van der Waals surface area contributed by atoms with Gasteiger partial charge in [-0.05, 0) is 36.8 Å². The lowest BCUT2D eigenvalue weighted by Crippen LogP contribution is -2.32. The largest absolute Gasteiger partial charge is 0.131 e. The van der Waals surface area contributed by atoms with E-state index in [-0.39, 0.29) is 0 Å². The van der Waals surface area contributed by atoms with Gasteiger partial charge in [-0.3, -0.25) is 0 Å². The molecule has 0 aliphatic carbocycles. The van der Waals surface area contributed by atoms with Crippen molar-refractivity contribution in [3.8, 4) is 0 Å². The molecule has 1 unspecified atom stereocenters. The molecule has 0 spiro atoms. The summed E-state index contributed by atoms with van der Waals surface area (Å²) in [5, 5.41) is 0.516. The topological polar surface area (TPSA) is 0 Å². The van der Waals surface area contributed by atoms with Crippen LogP contribution in [0.2, 0.25) is 0 Å². The maximum absolute atomic E-state index is 3.52. The van der Waals surface area contributed by atoms with Crippen LogP contribution in [0.15, 0.2) is 0 Å². The molecular formula is C34H71P. The molecule has 0 N–H and O–H groups in total. The van der Waals surface area contributed by atoms with Gasteiger partial charge in [0.15, 0.2) is 0 Å². The van der Waals surface area contributed by atoms with Gasteiger partial charge in [0, 0.05) is 0 Å². The van der Waals surface area contributed by atoms with Crippen LogP contribution in [0.1, 0.15) is 207 Å². The summed E-state index contributed by atoms with van der Waals surface area (Å²) in [7, 11) is 3.52. The van der Waals surface area contributed by atoms with Crippen molar-refractivity contribution in [3.05, 3.63) is 0 Å². The average molecular weight is 511 g/mol. The summed E-state index contributed by atoms with van der Waals surface area (Å²) < 4.78 is 0. The Bertz CT molecular complexity index is 358. The summed E-state index contributed by atoms with van der Waals surface area (Å²) in [6.45, 7) is 9.35. The van der Waals surface area contributed by atoms with E-state index in [1.807, 2.05) is 0 Å². The monoisotopic (exact) mass is 511 g/mol. The zero-order valence-electron chi connectivity index (χ0n) is 25.5. The fourth-order valence-corrected chi connectivity index (χ4v) is 6.81. The quantitative estimate of drug-likeness (QED) is 0.0693. The van der Waals surface area contributed by atoms with E-state index in [0.29, 0.717) is 5.16 Å². The molecule has 1 heteroatoms. The zero-order valence-corrected chi connectivity index (χ0v) is 26.6. The van der Waals surface area contributed by atoms with E-state index in [4.69, 9.17) is 0 Å². The lowest BCUT2D eigenvalue weighted by atomic mass is 9.77. The molecule has 0 aliphatic heterocycles. The third-order valence-corrected chi connectivity index (χ3v) is 9.67. The number of hydrogen-bond donors (Lipinski definition) is 0. The van der Waals surface area contributed by atoms with Crippen LogP contribution >= 0.6 is 9.24 Å². The van der Waals surface area contributed by atoms with E-state index < -0.39 is 0 Å². The van der Waals surface area contributed by atoms with Crippen LogP contribution in [-0.2, 0) is 0 Å². The lowest BCUT2D eigenvalue weighted by molar-refractivity contribution is 0.269. The maximum Gasteiger partial charge on any atom is -0.0122 e. The Balaban J connectivity index is 4.90. The predicted octanol–water partition coefficient (Wildman–Crippen LogP) is 13.2. The minimum absolute atomic E-state index is 0.516. The summed E-state index contributed by atoms with van der Waals surface area (Å²) in [6.07, 6.45) is 40.6. The summed E-state index contributed by atoms with van der Waals surface area (Å²) >= 11 is 0. The molecule has 0 aromatic carbocycles. The highest BCUT2D eigenvalue weighted by Crippen LogP contribution is 2.44. The first kappa shape index (κ1) is 35.4. The molecule has 0 aromatic heterocycles. The highest BCUT2D eigenvalue weighted by atomic mass is 31.0. The summed E-state index contributed by atoms with van der Waals surface area (Å²) in [5.41, 5.74) is 0. The van der Waals surface area contributed by atoms with Gasteiger partial charge in [0.05, 0.1) is 0 Å². The molecular weight excluding hydrogens is 439 g/mol. The Kier molecular flexibility index (Phi) is 27.8. The summed E-state index contributed by atoms with van der Waals surface area (Å²) in [6, 6.07) is 0. The van der Waals surface area contributed by atoms with E-state index in [9.17, 15) is 0 Å². The predicted molar refractivity (Wildman–Crippen MR) is 168 cm³/mol. The molecule has 0 aliphatic rings. The third kappa shape index (κ3) is 22.2. The second kappa shape index (κ2) is 27.5. The smallest absolute Gasteiger partial charge is 0.0122 e. The molecule has 0 amide bonds. The minimum atomic E-state index is 0.516. The minimum Gasteiger partial charge on any atom is -0.131 e. The Hall–Kier alpha value is 0.430. The number of unbranched alkanes of at least 4 members (excludes halogenated alkanes) is 20. The van der Waals surface area contributed by atoms with Gasteiger partial charge >= 0.3 is 0 Å². The van der Waals surface area contributed by atoms with E-state index in [1.165, 1.54) is 180 Å². The van der Waals surface area contributed by atoms with Gasteiger partial charge in [0.25, 0.3) is 0 Å². The molecule has 0 fully saturated rings. The second-order valence-electron chi connectivity index (χ2n) is 12.1. The van der Waals surface area contributed by atoms with Crippen molar-refractivity contribution in [1.82, 2.24) is 0 Å². The Morgan fingerprint density at radius 1 is 0.371 bits per heavy atom. The summed E-state index contributed by atoms with van der Waals surface area (Å²) in [4.78, 5) is 0. The van der Waals surface area contributed by atoms with E-state index in [0.717, 1.165) is 5.92 Å². The fourth-order valence-electron chi connectivity index (χ4n) is 6.06. The van der Waals surface area contributed by atoms with Crippen molar-refractivity contribution in [2.75, 3.05) is 0 Å². The molecule has 0 saturated carbocycles. The van der Waals surface area contributed by atoms with Crippen molar-refractivity contribution < 1.29 is 0 Å². The van der Waals surface area contributed by atoms with Gasteiger partial charge in [0.1, 0.15) is 0 Å². The van der Waals surface area contributed by atoms with E-state index in [2.05, 4.69) is 36.9 Å². The van der Waals surface area contributed by atoms with Crippen LogP contribution in [0.5, 0.6) is 0 Å². The van der Waals surface area contributed by atoms with Crippen LogP contribution < -0.4 is 0 Å². The van der Waals surface area contributed by atoms with Gasteiger partial charge < -0.3 is 0 Å². The van der Waals surface area contributed by atoms with Crippen LogP contribution in [0.3, 0.4) is 0 Å². The normalized spacial score (nSPS) is 12.2.